The van der Waals surface area contributed by atoms with Crippen LogP contribution in [-0.4, -0.2) is 46.3 Å². The smallest absolute Gasteiger partial charge is 0.271 e. The maximum absolute atomic E-state index is 12.8. The zero-order chi connectivity index (χ0) is 21.1. The molecule has 3 aromatic rings. The van der Waals surface area contributed by atoms with E-state index in [4.69, 9.17) is 4.42 Å². The lowest BCUT2D eigenvalue weighted by atomic mass is 10.0. The first-order chi connectivity index (χ1) is 14.4. The molecular weight excluding hydrogens is 406 g/mol. The lowest BCUT2D eigenvalue weighted by molar-refractivity contribution is 0.0943. The number of piperidine rings is 1. The minimum absolute atomic E-state index is 0.164. The fraction of sp³-hybridized carbons (Fsp3) is 0.350. The standard InChI is InChI=1S/C20H23N5O4S/c1-15-4-2-8-25(12-15)30(27,28)17-6-7-19(21-11-17)24-13-18(23-14-24)20(26)22-10-16-5-3-9-29-16/h3,5-7,9,11,13-15H,2,4,8,10,12H2,1H3,(H,22,26)/t15-/m0/s1. The van der Waals surface area contributed by atoms with Crippen molar-refractivity contribution in [1.29, 1.82) is 0 Å². The topological polar surface area (TPSA) is 110 Å². The highest BCUT2D eigenvalue weighted by Crippen LogP contribution is 2.23. The van der Waals surface area contributed by atoms with E-state index in [9.17, 15) is 13.2 Å². The second-order valence-electron chi connectivity index (χ2n) is 7.39. The van der Waals surface area contributed by atoms with Gasteiger partial charge >= 0.3 is 0 Å². The number of carbonyl (C=O) groups is 1. The van der Waals surface area contributed by atoms with Crippen LogP contribution in [0.2, 0.25) is 0 Å². The van der Waals surface area contributed by atoms with Gasteiger partial charge in [0, 0.05) is 25.5 Å². The van der Waals surface area contributed by atoms with Gasteiger partial charge in [0.1, 0.15) is 28.5 Å². The van der Waals surface area contributed by atoms with E-state index in [1.807, 2.05) is 0 Å². The van der Waals surface area contributed by atoms with Gasteiger partial charge in [0.2, 0.25) is 10.0 Å². The van der Waals surface area contributed by atoms with Crippen molar-refractivity contribution >= 4 is 15.9 Å². The van der Waals surface area contributed by atoms with Crippen molar-refractivity contribution in [2.24, 2.45) is 5.92 Å². The van der Waals surface area contributed by atoms with E-state index in [-0.39, 0.29) is 23.0 Å². The number of imidazole rings is 1. The Bertz CT molecular complexity index is 1110. The average molecular weight is 430 g/mol. The molecule has 0 aliphatic carbocycles. The van der Waals surface area contributed by atoms with Crippen LogP contribution in [-0.2, 0) is 16.6 Å². The second-order valence-corrected chi connectivity index (χ2v) is 9.33. The molecule has 1 atom stereocenters. The van der Waals surface area contributed by atoms with Gasteiger partial charge in [0.05, 0.1) is 12.8 Å². The third-order valence-corrected chi connectivity index (χ3v) is 6.91. The van der Waals surface area contributed by atoms with Crippen LogP contribution in [0, 0.1) is 5.92 Å². The van der Waals surface area contributed by atoms with Crippen LogP contribution in [0.5, 0.6) is 0 Å². The van der Waals surface area contributed by atoms with Gasteiger partial charge in [-0.25, -0.2) is 18.4 Å². The third kappa shape index (κ3) is 4.29. The summed E-state index contributed by atoms with van der Waals surface area (Å²) in [6.45, 7) is 3.39. The van der Waals surface area contributed by atoms with Crippen molar-refractivity contribution in [3.63, 3.8) is 0 Å². The van der Waals surface area contributed by atoms with E-state index in [1.165, 1.54) is 29.2 Å². The Balaban J connectivity index is 1.45. The highest BCUT2D eigenvalue weighted by molar-refractivity contribution is 7.89. The lowest BCUT2D eigenvalue weighted by Gasteiger charge is -2.29. The number of furan rings is 1. The van der Waals surface area contributed by atoms with Crippen LogP contribution in [0.1, 0.15) is 36.0 Å². The molecule has 1 aliphatic heterocycles. The molecule has 30 heavy (non-hydrogen) atoms. The first-order valence-corrected chi connectivity index (χ1v) is 11.2. The lowest BCUT2D eigenvalue weighted by Crippen LogP contribution is -2.39. The highest BCUT2D eigenvalue weighted by atomic mass is 32.2. The van der Waals surface area contributed by atoms with Gasteiger partial charge in [-0.2, -0.15) is 4.31 Å². The Morgan fingerprint density at radius 2 is 2.17 bits per heavy atom. The fourth-order valence-corrected chi connectivity index (χ4v) is 4.97. The molecular formula is C20H23N5O4S. The molecule has 4 heterocycles. The summed E-state index contributed by atoms with van der Waals surface area (Å²) in [6, 6.07) is 6.65. The summed E-state index contributed by atoms with van der Waals surface area (Å²) in [5.41, 5.74) is 0.224. The van der Waals surface area contributed by atoms with Crippen LogP contribution in [0.3, 0.4) is 0 Å². The van der Waals surface area contributed by atoms with E-state index >= 15 is 0 Å². The van der Waals surface area contributed by atoms with Crippen LogP contribution in [0.4, 0.5) is 0 Å². The van der Waals surface area contributed by atoms with Gasteiger partial charge in [-0.05, 0) is 43.0 Å². The summed E-state index contributed by atoms with van der Waals surface area (Å²) in [4.78, 5) is 20.8. The minimum atomic E-state index is -3.56. The molecule has 1 aliphatic rings. The molecule has 0 unspecified atom stereocenters. The summed E-state index contributed by atoms with van der Waals surface area (Å²) < 4.78 is 34.0. The molecule has 0 bridgehead atoms. The van der Waals surface area contributed by atoms with Gasteiger partial charge < -0.3 is 9.73 Å². The zero-order valence-corrected chi connectivity index (χ0v) is 17.4. The highest BCUT2D eigenvalue weighted by Gasteiger charge is 2.28. The number of aromatic nitrogens is 3. The summed E-state index contributed by atoms with van der Waals surface area (Å²) in [5.74, 6) is 1.12. The second kappa shape index (κ2) is 8.41. The first-order valence-electron chi connectivity index (χ1n) is 9.74. The largest absolute Gasteiger partial charge is 0.467 e. The summed E-state index contributed by atoms with van der Waals surface area (Å²) in [6.07, 6.45) is 7.80. The Hall–Kier alpha value is -2.98. The molecule has 0 radical (unpaired) electrons. The molecule has 1 N–H and O–H groups in total. The molecule has 1 fully saturated rings. The van der Waals surface area contributed by atoms with E-state index in [2.05, 4.69) is 22.2 Å². The van der Waals surface area contributed by atoms with E-state index < -0.39 is 10.0 Å². The summed E-state index contributed by atoms with van der Waals surface area (Å²) >= 11 is 0. The van der Waals surface area contributed by atoms with E-state index in [0.717, 1.165) is 12.8 Å². The van der Waals surface area contributed by atoms with Crippen molar-refractivity contribution in [3.05, 3.63) is 60.7 Å². The minimum Gasteiger partial charge on any atom is -0.467 e. The summed E-state index contributed by atoms with van der Waals surface area (Å²) in [5, 5.41) is 2.72. The maximum Gasteiger partial charge on any atom is 0.271 e. The number of nitrogens with one attached hydrogen (secondary N) is 1. The molecule has 0 saturated carbocycles. The number of hydrogen-bond acceptors (Lipinski definition) is 6. The Morgan fingerprint density at radius 1 is 1.30 bits per heavy atom. The quantitative estimate of drug-likeness (QED) is 0.643. The van der Waals surface area contributed by atoms with Crippen LogP contribution in [0.15, 0.2) is 58.6 Å². The average Bonchev–Trinajstić information content (AvgIpc) is 3.44. The van der Waals surface area contributed by atoms with Gasteiger partial charge in [-0.15, -0.1) is 0 Å². The number of pyridine rings is 1. The molecule has 1 saturated heterocycles. The molecule has 3 aromatic heterocycles. The molecule has 4 rings (SSSR count). The Morgan fingerprint density at radius 3 is 2.87 bits per heavy atom. The van der Waals surface area contributed by atoms with Crippen LogP contribution >= 0.6 is 0 Å². The molecule has 10 heteroatoms. The predicted molar refractivity (Wildman–Crippen MR) is 108 cm³/mol. The Kier molecular flexibility index (Phi) is 5.69. The maximum atomic E-state index is 12.8. The van der Waals surface area contributed by atoms with E-state index in [1.54, 1.807) is 29.0 Å². The third-order valence-electron chi connectivity index (χ3n) is 5.06. The van der Waals surface area contributed by atoms with Crippen molar-refractivity contribution in [3.8, 4) is 5.82 Å². The van der Waals surface area contributed by atoms with Crippen LogP contribution in [0.25, 0.3) is 5.82 Å². The van der Waals surface area contributed by atoms with Crippen molar-refractivity contribution in [1.82, 2.24) is 24.2 Å². The Labute approximate surface area is 174 Å². The zero-order valence-electron chi connectivity index (χ0n) is 16.6. The normalized spacial score (nSPS) is 17.7. The molecule has 0 aromatic carbocycles. The van der Waals surface area contributed by atoms with Gasteiger partial charge in [-0.1, -0.05) is 6.92 Å². The number of amides is 1. The fourth-order valence-electron chi connectivity index (χ4n) is 3.43. The van der Waals surface area contributed by atoms with Crippen molar-refractivity contribution in [2.75, 3.05) is 13.1 Å². The van der Waals surface area contributed by atoms with Crippen molar-refractivity contribution < 1.29 is 17.6 Å². The first kappa shape index (κ1) is 20.3. The molecule has 158 valence electrons. The molecule has 1 amide bonds. The van der Waals surface area contributed by atoms with Crippen LogP contribution < -0.4 is 5.32 Å². The predicted octanol–water partition coefficient (Wildman–Crippen LogP) is 2.21. The van der Waals surface area contributed by atoms with Gasteiger partial charge in [0.15, 0.2) is 0 Å². The number of nitrogens with zero attached hydrogens (tertiary/aromatic N) is 4. The number of carbonyl (C=O) groups excluding carboxylic acids is 1. The number of hydrogen-bond donors (Lipinski definition) is 1. The number of rotatable bonds is 6. The van der Waals surface area contributed by atoms with Gasteiger partial charge in [-0.3, -0.25) is 9.36 Å². The van der Waals surface area contributed by atoms with E-state index in [0.29, 0.717) is 30.6 Å². The molecule has 0 spiro atoms. The number of sulfonamides is 1. The van der Waals surface area contributed by atoms with Gasteiger partial charge in [0.25, 0.3) is 5.91 Å². The summed E-state index contributed by atoms with van der Waals surface area (Å²) in [7, 11) is -3.56. The van der Waals surface area contributed by atoms with Crippen molar-refractivity contribution in [2.45, 2.75) is 31.2 Å². The SMILES string of the molecule is C[C@H]1CCCN(S(=O)(=O)c2ccc(-n3cnc(C(=O)NCc4ccco4)c3)nc2)C1. The monoisotopic (exact) mass is 429 g/mol. The molecule has 9 nitrogen and oxygen atoms in total.